The molecule has 0 unspecified atom stereocenters. The first kappa shape index (κ1) is 16.8. The zero-order chi connectivity index (χ0) is 15.3. The standard InChI is InChI=1S/C15H27NO4/c1-10-5-7-11(8-6-10)12(9-13(17)18)16-14(19)20-15(2,3)4/h10-12H,5-9H2,1-4H3,(H,16,19)(H,17,18)/t10?,11?,12-/m1/s1. The molecule has 0 aromatic carbocycles. The molecule has 1 rings (SSSR count). The topological polar surface area (TPSA) is 75.6 Å². The van der Waals surface area contributed by atoms with Crippen LogP contribution in [0.4, 0.5) is 4.79 Å². The first-order valence-corrected chi connectivity index (χ1v) is 7.38. The Morgan fingerprint density at radius 2 is 1.80 bits per heavy atom. The van der Waals surface area contributed by atoms with Gasteiger partial charge in [0.1, 0.15) is 5.60 Å². The van der Waals surface area contributed by atoms with E-state index in [0.29, 0.717) is 5.92 Å². The maximum Gasteiger partial charge on any atom is 0.407 e. The van der Waals surface area contributed by atoms with E-state index in [1.54, 1.807) is 20.8 Å². The van der Waals surface area contributed by atoms with Gasteiger partial charge in [0.25, 0.3) is 0 Å². The maximum atomic E-state index is 11.8. The van der Waals surface area contributed by atoms with Gasteiger partial charge in [-0.2, -0.15) is 0 Å². The molecule has 1 aliphatic rings. The molecule has 0 aliphatic heterocycles. The van der Waals surface area contributed by atoms with Crippen molar-refractivity contribution in [3.05, 3.63) is 0 Å². The predicted molar refractivity (Wildman–Crippen MR) is 76.5 cm³/mol. The second kappa shape index (κ2) is 6.95. The number of hydrogen-bond acceptors (Lipinski definition) is 3. The van der Waals surface area contributed by atoms with Crippen molar-refractivity contribution in [2.45, 2.75) is 71.4 Å². The molecule has 0 bridgehead atoms. The Hall–Kier alpha value is -1.26. The summed E-state index contributed by atoms with van der Waals surface area (Å²) in [7, 11) is 0. The fourth-order valence-electron chi connectivity index (χ4n) is 2.67. The van der Waals surface area contributed by atoms with Crippen molar-refractivity contribution in [1.82, 2.24) is 5.32 Å². The molecular weight excluding hydrogens is 258 g/mol. The van der Waals surface area contributed by atoms with Crippen molar-refractivity contribution in [3.8, 4) is 0 Å². The smallest absolute Gasteiger partial charge is 0.407 e. The van der Waals surface area contributed by atoms with Crippen LogP contribution in [-0.2, 0) is 9.53 Å². The number of amides is 1. The maximum absolute atomic E-state index is 11.8. The lowest BCUT2D eigenvalue weighted by Crippen LogP contribution is -2.45. The number of hydrogen-bond donors (Lipinski definition) is 2. The number of carbonyl (C=O) groups excluding carboxylic acids is 1. The normalized spacial score (nSPS) is 24.8. The number of nitrogens with one attached hydrogen (secondary N) is 1. The van der Waals surface area contributed by atoms with Gasteiger partial charge in [0, 0.05) is 6.04 Å². The summed E-state index contributed by atoms with van der Waals surface area (Å²) in [5, 5.41) is 11.8. The lowest BCUT2D eigenvalue weighted by Gasteiger charge is -2.33. The lowest BCUT2D eigenvalue weighted by atomic mass is 9.78. The highest BCUT2D eigenvalue weighted by Crippen LogP contribution is 2.31. The molecule has 0 radical (unpaired) electrons. The minimum absolute atomic E-state index is 0.0434. The van der Waals surface area contributed by atoms with Gasteiger partial charge in [-0.25, -0.2) is 4.79 Å². The molecule has 1 saturated carbocycles. The van der Waals surface area contributed by atoms with Gasteiger partial charge in [-0.3, -0.25) is 4.79 Å². The zero-order valence-corrected chi connectivity index (χ0v) is 12.9. The number of carboxylic acid groups (broad SMARTS) is 1. The summed E-state index contributed by atoms with van der Waals surface area (Å²) in [6, 6.07) is -0.338. The molecule has 1 fully saturated rings. The highest BCUT2D eigenvalue weighted by Gasteiger charge is 2.30. The number of alkyl carbamates (subject to hydrolysis) is 1. The molecule has 116 valence electrons. The molecule has 5 heteroatoms. The first-order valence-electron chi connectivity index (χ1n) is 7.38. The largest absolute Gasteiger partial charge is 0.481 e. The van der Waals surface area contributed by atoms with Gasteiger partial charge >= 0.3 is 12.1 Å². The Morgan fingerprint density at radius 3 is 2.25 bits per heavy atom. The van der Waals surface area contributed by atoms with Gasteiger partial charge in [-0.1, -0.05) is 19.8 Å². The van der Waals surface area contributed by atoms with Crippen molar-refractivity contribution in [2.24, 2.45) is 11.8 Å². The van der Waals surface area contributed by atoms with Gasteiger partial charge in [-0.05, 0) is 45.4 Å². The minimum atomic E-state index is -0.885. The van der Waals surface area contributed by atoms with Crippen LogP contribution in [0, 0.1) is 11.8 Å². The average Bonchev–Trinajstić information content (AvgIpc) is 2.25. The zero-order valence-electron chi connectivity index (χ0n) is 12.9. The van der Waals surface area contributed by atoms with E-state index in [4.69, 9.17) is 9.84 Å². The summed E-state index contributed by atoms with van der Waals surface area (Å²) in [5.74, 6) is 0.0396. The average molecular weight is 285 g/mol. The van der Waals surface area contributed by atoms with Crippen LogP contribution in [0.5, 0.6) is 0 Å². The Labute approximate surface area is 121 Å². The van der Waals surface area contributed by atoms with E-state index in [2.05, 4.69) is 12.2 Å². The Morgan fingerprint density at radius 1 is 1.25 bits per heavy atom. The summed E-state index contributed by atoms with van der Waals surface area (Å²) in [6.45, 7) is 7.59. The van der Waals surface area contributed by atoms with Crippen LogP contribution in [0.1, 0.15) is 59.8 Å². The van der Waals surface area contributed by atoms with Crippen LogP contribution in [-0.4, -0.2) is 28.8 Å². The molecule has 5 nitrogen and oxygen atoms in total. The van der Waals surface area contributed by atoms with E-state index in [0.717, 1.165) is 25.7 Å². The molecule has 0 aromatic heterocycles. The summed E-state index contributed by atoms with van der Waals surface area (Å²) in [5.41, 5.74) is -0.571. The van der Waals surface area contributed by atoms with Crippen LogP contribution in [0.15, 0.2) is 0 Å². The fourth-order valence-corrected chi connectivity index (χ4v) is 2.67. The summed E-state index contributed by atoms with van der Waals surface area (Å²) in [6.07, 6.45) is 3.55. The van der Waals surface area contributed by atoms with Crippen LogP contribution >= 0.6 is 0 Å². The van der Waals surface area contributed by atoms with E-state index in [1.165, 1.54) is 0 Å². The van der Waals surface area contributed by atoms with Gasteiger partial charge in [-0.15, -0.1) is 0 Å². The lowest BCUT2D eigenvalue weighted by molar-refractivity contribution is -0.137. The molecule has 20 heavy (non-hydrogen) atoms. The van der Waals surface area contributed by atoms with Crippen LogP contribution in [0.25, 0.3) is 0 Å². The molecule has 2 N–H and O–H groups in total. The van der Waals surface area contributed by atoms with Crippen molar-refractivity contribution < 1.29 is 19.4 Å². The number of carbonyl (C=O) groups is 2. The number of aliphatic carboxylic acids is 1. The molecule has 1 amide bonds. The Balaban J connectivity index is 2.60. The molecule has 1 atom stereocenters. The van der Waals surface area contributed by atoms with Gasteiger partial charge in [0.2, 0.25) is 0 Å². The fraction of sp³-hybridized carbons (Fsp3) is 0.867. The Kier molecular flexibility index (Phi) is 5.84. The van der Waals surface area contributed by atoms with E-state index in [-0.39, 0.29) is 18.4 Å². The highest BCUT2D eigenvalue weighted by atomic mass is 16.6. The SMILES string of the molecule is CC1CCC([C@@H](CC(=O)O)NC(=O)OC(C)(C)C)CC1. The molecular formula is C15H27NO4. The van der Waals surface area contributed by atoms with Crippen molar-refractivity contribution in [3.63, 3.8) is 0 Å². The first-order chi connectivity index (χ1) is 9.17. The van der Waals surface area contributed by atoms with E-state index in [9.17, 15) is 9.59 Å². The van der Waals surface area contributed by atoms with Crippen molar-refractivity contribution in [1.29, 1.82) is 0 Å². The molecule has 0 spiro atoms. The van der Waals surface area contributed by atoms with Crippen molar-refractivity contribution in [2.75, 3.05) is 0 Å². The van der Waals surface area contributed by atoms with Gasteiger partial charge < -0.3 is 15.2 Å². The Bertz CT molecular complexity index is 340. The van der Waals surface area contributed by atoms with Gasteiger partial charge in [0.05, 0.1) is 6.42 Å². The van der Waals surface area contributed by atoms with E-state index in [1.807, 2.05) is 0 Å². The second-order valence-corrected chi connectivity index (χ2v) is 6.87. The predicted octanol–water partition coefficient (Wildman–Crippen LogP) is 3.18. The molecule has 0 heterocycles. The second-order valence-electron chi connectivity index (χ2n) is 6.87. The number of ether oxygens (including phenoxy) is 1. The summed E-state index contributed by atoms with van der Waals surface area (Å²) >= 11 is 0. The summed E-state index contributed by atoms with van der Waals surface area (Å²) in [4.78, 5) is 22.8. The third-order valence-corrected chi connectivity index (χ3v) is 3.73. The van der Waals surface area contributed by atoms with Gasteiger partial charge in [0.15, 0.2) is 0 Å². The number of carboxylic acids is 1. The summed E-state index contributed by atoms with van der Waals surface area (Å²) < 4.78 is 5.22. The third-order valence-electron chi connectivity index (χ3n) is 3.73. The van der Waals surface area contributed by atoms with E-state index < -0.39 is 17.7 Å². The molecule has 0 aromatic rings. The molecule has 0 saturated heterocycles. The minimum Gasteiger partial charge on any atom is -0.481 e. The monoisotopic (exact) mass is 285 g/mol. The quantitative estimate of drug-likeness (QED) is 0.831. The van der Waals surface area contributed by atoms with Crippen LogP contribution < -0.4 is 5.32 Å². The number of rotatable bonds is 4. The third kappa shape index (κ3) is 6.26. The molecule has 1 aliphatic carbocycles. The van der Waals surface area contributed by atoms with E-state index >= 15 is 0 Å². The van der Waals surface area contributed by atoms with Crippen LogP contribution in [0.2, 0.25) is 0 Å². The highest BCUT2D eigenvalue weighted by molar-refractivity contribution is 5.71. The van der Waals surface area contributed by atoms with Crippen LogP contribution in [0.3, 0.4) is 0 Å². The van der Waals surface area contributed by atoms with Crippen molar-refractivity contribution >= 4 is 12.1 Å².